The summed E-state index contributed by atoms with van der Waals surface area (Å²) in [6.45, 7) is 1.15. The van der Waals surface area contributed by atoms with E-state index < -0.39 is 35.1 Å². The summed E-state index contributed by atoms with van der Waals surface area (Å²) in [6, 6.07) is 3.41. The molecule has 88 valence electrons. The molecule has 1 aromatic carbocycles. The molecule has 0 aliphatic carbocycles. The molecule has 0 bridgehead atoms. The summed E-state index contributed by atoms with van der Waals surface area (Å²) >= 11 is 0. The largest absolute Gasteiger partial charge is 0.394 e. The second-order valence-corrected chi connectivity index (χ2v) is 3.51. The van der Waals surface area contributed by atoms with Gasteiger partial charge in [0.1, 0.15) is 0 Å². The van der Waals surface area contributed by atoms with Crippen LogP contribution in [0.1, 0.15) is 18.4 Å². The smallest absolute Gasteiger partial charge is 0.304 e. The van der Waals surface area contributed by atoms with E-state index in [-0.39, 0.29) is 0 Å². The summed E-state index contributed by atoms with van der Waals surface area (Å²) in [5.41, 5.74) is -0.195. The summed E-state index contributed by atoms with van der Waals surface area (Å²) in [6.07, 6.45) is -1.01. The van der Waals surface area contributed by atoms with Crippen LogP contribution in [0.5, 0.6) is 0 Å². The molecule has 0 saturated heterocycles. The summed E-state index contributed by atoms with van der Waals surface area (Å²) < 4.78 is 13.2. The first kappa shape index (κ1) is 12.5. The Morgan fingerprint density at radius 1 is 1.56 bits per heavy atom. The molecule has 0 heterocycles. The highest BCUT2D eigenvalue weighted by molar-refractivity contribution is 5.36. The molecule has 0 spiro atoms. The number of aliphatic hydroxyl groups excluding tert-OH is 2. The van der Waals surface area contributed by atoms with Crippen LogP contribution < -0.4 is 0 Å². The Morgan fingerprint density at radius 3 is 2.62 bits per heavy atom. The molecular weight excluding hydrogens is 217 g/mol. The van der Waals surface area contributed by atoms with Crippen molar-refractivity contribution in [3.63, 3.8) is 0 Å². The highest BCUT2D eigenvalue weighted by Crippen LogP contribution is 2.24. The van der Waals surface area contributed by atoms with Crippen molar-refractivity contribution in [1.29, 1.82) is 0 Å². The molecule has 6 heteroatoms. The topological polar surface area (TPSA) is 83.6 Å². The van der Waals surface area contributed by atoms with Gasteiger partial charge < -0.3 is 10.2 Å². The fourth-order valence-electron chi connectivity index (χ4n) is 1.33. The van der Waals surface area contributed by atoms with Crippen LogP contribution in [0.25, 0.3) is 0 Å². The Morgan fingerprint density at radius 2 is 2.19 bits per heavy atom. The van der Waals surface area contributed by atoms with Crippen molar-refractivity contribution in [3.05, 3.63) is 39.7 Å². The van der Waals surface area contributed by atoms with Gasteiger partial charge in [0.15, 0.2) is 0 Å². The van der Waals surface area contributed by atoms with Gasteiger partial charge in [0, 0.05) is 12.0 Å². The van der Waals surface area contributed by atoms with Crippen LogP contribution in [0.3, 0.4) is 0 Å². The van der Waals surface area contributed by atoms with Gasteiger partial charge >= 0.3 is 5.69 Å². The number of rotatable bonds is 4. The van der Waals surface area contributed by atoms with Gasteiger partial charge in [-0.1, -0.05) is 13.0 Å². The average molecular weight is 229 g/mol. The fourth-order valence-corrected chi connectivity index (χ4v) is 1.33. The third-order valence-corrected chi connectivity index (χ3v) is 2.46. The highest BCUT2D eigenvalue weighted by atomic mass is 19.1. The minimum atomic E-state index is -1.01. The molecule has 2 atom stereocenters. The normalized spacial score (nSPS) is 14.5. The number of hydrogen-bond acceptors (Lipinski definition) is 4. The second kappa shape index (κ2) is 5.00. The maximum atomic E-state index is 13.2. The molecule has 0 radical (unpaired) electrons. The Kier molecular flexibility index (Phi) is 3.92. The van der Waals surface area contributed by atoms with Crippen LogP contribution in [0.15, 0.2) is 18.2 Å². The number of nitro benzene ring substituents is 1. The number of halogens is 1. The lowest BCUT2D eigenvalue weighted by molar-refractivity contribution is -0.387. The number of benzene rings is 1. The summed E-state index contributed by atoms with van der Waals surface area (Å²) in [7, 11) is 0. The van der Waals surface area contributed by atoms with Gasteiger partial charge in [-0.25, -0.2) is 0 Å². The first-order valence-electron chi connectivity index (χ1n) is 4.70. The molecule has 0 aliphatic heterocycles. The van der Waals surface area contributed by atoms with E-state index in [0.29, 0.717) is 5.56 Å². The third kappa shape index (κ3) is 2.53. The second-order valence-electron chi connectivity index (χ2n) is 3.51. The van der Waals surface area contributed by atoms with E-state index in [1.165, 1.54) is 6.07 Å². The number of nitrogens with zero attached hydrogens (tertiary/aromatic N) is 1. The Labute approximate surface area is 91.3 Å². The minimum absolute atomic E-state index is 0.407. The SMILES string of the molecule is C[C@H](c1ccc([N+](=O)[O-])c(F)c1)[C@H](O)CO. The standard InChI is InChI=1S/C10H12FNO4/c1-6(10(14)5-13)7-2-3-9(12(15)16)8(11)4-7/h2-4,6,10,13-14H,5H2,1H3/t6-,10-/m1/s1. The van der Waals surface area contributed by atoms with Crippen LogP contribution in [0, 0.1) is 15.9 Å². The maximum Gasteiger partial charge on any atom is 0.304 e. The minimum Gasteiger partial charge on any atom is -0.394 e. The lowest BCUT2D eigenvalue weighted by atomic mass is 9.95. The summed E-state index contributed by atoms with van der Waals surface area (Å²) in [5, 5.41) is 28.4. The van der Waals surface area contributed by atoms with Crippen LogP contribution in [-0.4, -0.2) is 27.8 Å². The van der Waals surface area contributed by atoms with Crippen molar-refractivity contribution >= 4 is 5.69 Å². The lowest BCUT2D eigenvalue weighted by Gasteiger charge is -2.16. The van der Waals surface area contributed by atoms with Gasteiger partial charge in [-0.05, 0) is 11.6 Å². The quantitative estimate of drug-likeness (QED) is 0.600. The molecule has 0 unspecified atom stereocenters. The van der Waals surface area contributed by atoms with E-state index in [9.17, 15) is 19.6 Å². The van der Waals surface area contributed by atoms with Crippen LogP contribution in [0.4, 0.5) is 10.1 Å². The van der Waals surface area contributed by atoms with Crippen LogP contribution in [-0.2, 0) is 0 Å². The number of aliphatic hydroxyl groups is 2. The molecular formula is C10H12FNO4. The molecule has 0 aliphatic rings. The monoisotopic (exact) mass is 229 g/mol. The van der Waals surface area contributed by atoms with E-state index in [1.807, 2.05) is 0 Å². The van der Waals surface area contributed by atoms with Crippen molar-refractivity contribution in [2.75, 3.05) is 6.61 Å². The predicted octanol–water partition coefficient (Wildman–Crippen LogP) is 1.19. The lowest BCUT2D eigenvalue weighted by Crippen LogP contribution is -2.20. The molecule has 1 aromatic rings. The number of nitro groups is 1. The van der Waals surface area contributed by atoms with Crippen molar-refractivity contribution < 1.29 is 19.5 Å². The zero-order valence-corrected chi connectivity index (χ0v) is 8.63. The summed E-state index contributed by atoms with van der Waals surface area (Å²) in [5.74, 6) is -1.43. The van der Waals surface area contributed by atoms with Gasteiger partial charge in [0.05, 0.1) is 17.6 Å². The van der Waals surface area contributed by atoms with Gasteiger partial charge in [-0.3, -0.25) is 10.1 Å². The molecule has 0 aromatic heterocycles. The van der Waals surface area contributed by atoms with Crippen molar-refractivity contribution in [1.82, 2.24) is 0 Å². The predicted molar refractivity (Wildman–Crippen MR) is 54.6 cm³/mol. The van der Waals surface area contributed by atoms with Gasteiger partial charge in [-0.2, -0.15) is 4.39 Å². The van der Waals surface area contributed by atoms with Crippen molar-refractivity contribution in [2.45, 2.75) is 18.9 Å². The Balaban J connectivity index is 3.01. The third-order valence-electron chi connectivity index (χ3n) is 2.46. The molecule has 5 nitrogen and oxygen atoms in total. The van der Waals surface area contributed by atoms with Gasteiger partial charge in [-0.15, -0.1) is 0 Å². The van der Waals surface area contributed by atoms with E-state index in [0.717, 1.165) is 12.1 Å². The Hall–Kier alpha value is -1.53. The van der Waals surface area contributed by atoms with E-state index >= 15 is 0 Å². The summed E-state index contributed by atoms with van der Waals surface area (Å²) in [4.78, 5) is 9.56. The zero-order valence-electron chi connectivity index (χ0n) is 8.63. The average Bonchev–Trinajstić information content (AvgIpc) is 2.26. The molecule has 1 rings (SSSR count). The molecule has 0 fully saturated rings. The van der Waals surface area contributed by atoms with Gasteiger partial charge in [0.25, 0.3) is 0 Å². The first-order valence-corrected chi connectivity index (χ1v) is 4.70. The molecule has 0 amide bonds. The number of hydrogen-bond donors (Lipinski definition) is 2. The van der Waals surface area contributed by atoms with Crippen LogP contribution >= 0.6 is 0 Å². The fraction of sp³-hybridized carbons (Fsp3) is 0.400. The first-order chi connectivity index (χ1) is 7.47. The van der Waals surface area contributed by atoms with Crippen molar-refractivity contribution in [3.8, 4) is 0 Å². The maximum absolute atomic E-state index is 13.2. The van der Waals surface area contributed by atoms with E-state index in [4.69, 9.17) is 5.11 Å². The zero-order chi connectivity index (χ0) is 12.3. The molecule has 0 saturated carbocycles. The highest BCUT2D eigenvalue weighted by Gasteiger charge is 2.19. The molecule has 2 N–H and O–H groups in total. The molecule has 16 heavy (non-hydrogen) atoms. The Bertz CT molecular complexity index is 396. The van der Waals surface area contributed by atoms with Crippen LogP contribution in [0.2, 0.25) is 0 Å². The van der Waals surface area contributed by atoms with Crippen molar-refractivity contribution in [2.24, 2.45) is 0 Å². The van der Waals surface area contributed by atoms with E-state index in [1.54, 1.807) is 6.92 Å². The van der Waals surface area contributed by atoms with Gasteiger partial charge in [0.2, 0.25) is 5.82 Å². The van der Waals surface area contributed by atoms with E-state index in [2.05, 4.69) is 0 Å².